The van der Waals surface area contributed by atoms with Crippen molar-refractivity contribution in [2.75, 3.05) is 17.7 Å². The molecule has 9 heteroatoms. The number of nitrogens with zero attached hydrogens (tertiary/aromatic N) is 2. The third kappa shape index (κ3) is 5.22. The Morgan fingerprint density at radius 2 is 2.00 bits per heavy atom. The molecule has 0 saturated heterocycles. The van der Waals surface area contributed by atoms with Gasteiger partial charge in [0.05, 0.1) is 17.3 Å². The first-order valence-electron chi connectivity index (χ1n) is 7.17. The van der Waals surface area contributed by atoms with Crippen molar-refractivity contribution in [2.24, 2.45) is 0 Å². The summed E-state index contributed by atoms with van der Waals surface area (Å²) in [5.74, 6) is 0.929. The second kappa shape index (κ2) is 8.71. The zero-order valence-electron chi connectivity index (χ0n) is 12.7. The number of ether oxygens (including phenoxy) is 1. The molecule has 25 heavy (non-hydrogen) atoms. The number of hydrogen-bond donors (Lipinski definition) is 1. The summed E-state index contributed by atoms with van der Waals surface area (Å²) in [7, 11) is 0. The van der Waals surface area contributed by atoms with Gasteiger partial charge >= 0.3 is 0 Å². The number of thioether (sulfide) groups is 1. The van der Waals surface area contributed by atoms with Crippen LogP contribution in [-0.4, -0.2) is 22.6 Å². The molecule has 0 bridgehead atoms. The number of benzene rings is 2. The highest BCUT2D eigenvalue weighted by molar-refractivity contribution is 8.01. The molecule has 3 aromatic rings. The fourth-order valence-electron chi connectivity index (χ4n) is 1.87. The van der Waals surface area contributed by atoms with Crippen molar-refractivity contribution in [3.63, 3.8) is 0 Å². The minimum atomic E-state index is -0.333. The Balaban J connectivity index is 1.48. The molecule has 1 heterocycles. The van der Waals surface area contributed by atoms with Crippen LogP contribution in [0.1, 0.15) is 0 Å². The van der Waals surface area contributed by atoms with Crippen molar-refractivity contribution in [1.82, 2.24) is 10.2 Å². The maximum Gasteiger partial charge on any atom is 0.210 e. The summed E-state index contributed by atoms with van der Waals surface area (Å²) in [6.07, 6.45) is 0. The van der Waals surface area contributed by atoms with Gasteiger partial charge < -0.3 is 10.1 Å². The van der Waals surface area contributed by atoms with E-state index in [1.807, 2.05) is 0 Å². The molecule has 2 aromatic carbocycles. The van der Waals surface area contributed by atoms with E-state index in [4.69, 9.17) is 27.9 Å². The number of aromatic nitrogens is 2. The summed E-state index contributed by atoms with van der Waals surface area (Å²) >= 11 is 14.7. The molecule has 0 radical (unpaired) electrons. The Hall–Kier alpha value is -1.54. The minimum Gasteiger partial charge on any atom is -0.491 e. The number of nitrogens with one attached hydrogen (secondary N) is 1. The molecule has 0 atom stereocenters. The molecule has 1 aromatic heterocycles. The molecular weight excluding hydrogens is 404 g/mol. The lowest BCUT2D eigenvalue weighted by molar-refractivity contribution is 0.344. The number of anilines is 2. The lowest BCUT2D eigenvalue weighted by Gasteiger charge is -2.07. The van der Waals surface area contributed by atoms with E-state index in [2.05, 4.69) is 15.5 Å². The average Bonchev–Trinajstić information content (AvgIpc) is 3.03. The zero-order valence-corrected chi connectivity index (χ0v) is 15.9. The lowest BCUT2D eigenvalue weighted by atomic mass is 10.3. The summed E-state index contributed by atoms with van der Waals surface area (Å²) in [4.78, 5) is 0. The summed E-state index contributed by atoms with van der Waals surface area (Å²) < 4.78 is 20.0. The topological polar surface area (TPSA) is 47.0 Å². The van der Waals surface area contributed by atoms with Gasteiger partial charge in [-0.3, -0.25) is 0 Å². The summed E-state index contributed by atoms with van der Waals surface area (Å²) in [6, 6.07) is 11.5. The third-order valence-electron chi connectivity index (χ3n) is 2.98. The quantitative estimate of drug-likeness (QED) is 0.384. The molecule has 0 aliphatic rings. The van der Waals surface area contributed by atoms with Crippen LogP contribution >= 0.6 is 46.3 Å². The summed E-state index contributed by atoms with van der Waals surface area (Å²) in [5.41, 5.74) is 0.371. The van der Waals surface area contributed by atoms with Crippen molar-refractivity contribution >= 4 is 57.1 Å². The van der Waals surface area contributed by atoms with Gasteiger partial charge in [-0.15, -0.1) is 10.2 Å². The highest BCUT2D eigenvalue weighted by atomic mass is 35.5. The highest BCUT2D eigenvalue weighted by Gasteiger charge is 2.08. The van der Waals surface area contributed by atoms with Crippen LogP contribution in [0.25, 0.3) is 0 Å². The van der Waals surface area contributed by atoms with E-state index in [1.54, 1.807) is 36.4 Å². The second-order valence-corrected chi connectivity index (χ2v) is 7.91. The van der Waals surface area contributed by atoms with E-state index in [1.165, 1.54) is 29.2 Å². The Labute approximate surface area is 162 Å². The zero-order chi connectivity index (χ0) is 17.6. The maximum atomic E-state index is 13.6. The highest BCUT2D eigenvalue weighted by Crippen LogP contribution is 2.30. The normalized spacial score (nSPS) is 10.7. The summed E-state index contributed by atoms with van der Waals surface area (Å²) in [6.45, 7) is 0.460. The fourth-order valence-corrected chi connectivity index (χ4v) is 3.98. The van der Waals surface area contributed by atoms with Crippen LogP contribution in [-0.2, 0) is 0 Å². The van der Waals surface area contributed by atoms with Gasteiger partial charge in [0.1, 0.15) is 11.6 Å². The predicted molar refractivity (Wildman–Crippen MR) is 102 cm³/mol. The Kier molecular flexibility index (Phi) is 6.36. The molecule has 0 unspecified atom stereocenters. The number of hydrogen-bond acceptors (Lipinski definition) is 6. The van der Waals surface area contributed by atoms with Crippen LogP contribution in [0.4, 0.5) is 15.2 Å². The van der Waals surface area contributed by atoms with Gasteiger partial charge in [0.15, 0.2) is 4.34 Å². The van der Waals surface area contributed by atoms with E-state index in [0.717, 1.165) is 4.34 Å². The second-order valence-electron chi connectivity index (χ2n) is 4.75. The molecule has 0 fully saturated rings. The van der Waals surface area contributed by atoms with Gasteiger partial charge in [0.25, 0.3) is 0 Å². The first-order valence-corrected chi connectivity index (χ1v) is 9.73. The van der Waals surface area contributed by atoms with Gasteiger partial charge in [-0.05, 0) is 30.3 Å². The van der Waals surface area contributed by atoms with Crippen LogP contribution in [0.5, 0.6) is 5.75 Å². The molecule has 0 aliphatic heterocycles. The van der Waals surface area contributed by atoms with Crippen molar-refractivity contribution in [1.29, 1.82) is 0 Å². The van der Waals surface area contributed by atoms with Crippen LogP contribution in [0.2, 0.25) is 10.0 Å². The van der Waals surface area contributed by atoms with Gasteiger partial charge in [0, 0.05) is 10.8 Å². The molecule has 0 saturated carbocycles. The van der Waals surface area contributed by atoms with Crippen molar-refractivity contribution in [3.8, 4) is 5.75 Å². The SMILES string of the molecule is Fc1ccccc1Nc1nnc(SCCOc2ccc(Cl)cc2Cl)s1. The predicted octanol–water partition coefficient (Wildman–Crippen LogP) is 5.90. The van der Waals surface area contributed by atoms with Gasteiger partial charge in [0.2, 0.25) is 5.13 Å². The maximum absolute atomic E-state index is 13.6. The van der Waals surface area contributed by atoms with Crippen molar-refractivity contribution in [2.45, 2.75) is 4.34 Å². The standard InChI is InChI=1S/C16H12Cl2FN3OS2/c17-10-5-6-14(11(18)9-10)23-7-8-24-16-22-21-15(25-16)20-13-4-2-1-3-12(13)19/h1-6,9H,7-8H2,(H,20,21). The number of para-hydroxylation sites is 1. The minimum absolute atomic E-state index is 0.333. The molecule has 0 amide bonds. The molecule has 1 N–H and O–H groups in total. The van der Waals surface area contributed by atoms with Crippen LogP contribution in [0, 0.1) is 5.82 Å². The van der Waals surface area contributed by atoms with Crippen molar-refractivity contribution in [3.05, 3.63) is 58.3 Å². The Bertz CT molecular complexity index is 863. The smallest absolute Gasteiger partial charge is 0.210 e. The van der Waals surface area contributed by atoms with Gasteiger partial charge in [-0.1, -0.05) is 58.4 Å². The van der Waals surface area contributed by atoms with Crippen LogP contribution in [0.3, 0.4) is 0 Å². The van der Waals surface area contributed by atoms with E-state index in [9.17, 15) is 4.39 Å². The van der Waals surface area contributed by atoms with Crippen LogP contribution in [0.15, 0.2) is 46.8 Å². The van der Waals surface area contributed by atoms with E-state index < -0.39 is 0 Å². The molecule has 3 rings (SSSR count). The monoisotopic (exact) mass is 415 g/mol. The largest absolute Gasteiger partial charge is 0.491 e. The molecule has 4 nitrogen and oxygen atoms in total. The van der Waals surface area contributed by atoms with E-state index in [0.29, 0.717) is 39.0 Å². The molecular formula is C16H12Cl2FN3OS2. The molecule has 0 spiro atoms. The summed E-state index contributed by atoms with van der Waals surface area (Å²) in [5, 5.41) is 12.6. The Morgan fingerprint density at radius 3 is 2.80 bits per heavy atom. The first kappa shape index (κ1) is 18.3. The first-order chi connectivity index (χ1) is 12.1. The fraction of sp³-hybridized carbons (Fsp3) is 0.125. The average molecular weight is 416 g/mol. The van der Waals surface area contributed by atoms with Crippen LogP contribution < -0.4 is 10.1 Å². The number of rotatable bonds is 7. The van der Waals surface area contributed by atoms with E-state index >= 15 is 0 Å². The van der Waals surface area contributed by atoms with E-state index in [-0.39, 0.29) is 5.82 Å². The Morgan fingerprint density at radius 1 is 1.16 bits per heavy atom. The third-order valence-corrected chi connectivity index (χ3v) is 5.45. The number of halogens is 3. The van der Waals surface area contributed by atoms with Gasteiger partial charge in [-0.2, -0.15) is 0 Å². The van der Waals surface area contributed by atoms with Gasteiger partial charge in [-0.25, -0.2) is 4.39 Å². The molecule has 0 aliphatic carbocycles. The lowest BCUT2D eigenvalue weighted by Crippen LogP contribution is -2.00. The van der Waals surface area contributed by atoms with Crippen molar-refractivity contribution < 1.29 is 9.13 Å². The molecule has 130 valence electrons.